The maximum absolute atomic E-state index is 5.62. The number of benzene rings is 2. The van der Waals surface area contributed by atoms with E-state index in [0.29, 0.717) is 0 Å². The van der Waals surface area contributed by atoms with E-state index in [9.17, 15) is 0 Å². The van der Waals surface area contributed by atoms with Crippen molar-refractivity contribution in [3.63, 3.8) is 0 Å². The monoisotopic (exact) mass is 281 g/mol. The Morgan fingerprint density at radius 1 is 1.14 bits per heavy atom. The summed E-state index contributed by atoms with van der Waals surface area (Å²) in [5.74, 6) is 1.05. The van der Waals surface area contributed by atoms with Crippen LogP contribution in [0, 0.1) is 6.92 Å². The zero-order valence-electron chi connectivity index (χ0n) is 12.9. The van der Waals surface area contributed by atoms with Crippen LogP contribution < -0.4 is 10.1 Å². The number of nitrogens with one attached hydrogen (secondary N) is 1. The molecule has 0 fully saturated rings. The molecule has 21 heavy (non-hydrogen) atoms. The van der Waals surface area contributed by atoms with Crippen molar-refractivity contribution in [3.05, 3.63) is 64.7 Å². The highest BCUT2D eigenvalue weighted by Gasteiger charge is 2.18. The van der Waals surface area contributed by atoms with E-state index in [0.717, 1.165) is 31.7 Å². The third-order valence-corrected chi connectivity index (χ3v) is 4.02. The molecule has 2 aromatic carbocycles. The molecule has 0 radical (unpaired) electrons. The van der Waals surface area contributed by atoms with Gasteiger partial charge in [0.05, 0.1) is 12.6 Å². The summed E-state index contributed by atoms with van der Waals surface area (Å²) in [4.78, 5) is 0. The predicted octanol–water partition coefficient (Wildman–Crippen LogP) is 4.02. The van der Waals surface area contributed by atoms with Crippen molar-refractivity contribution in [3.8, 4) is 5.75 Å². The van der Waals surface area contributed by atoms with E-state index >= 15 is 0 Å². The minimum atomic E-state index is 0.260. The number of aryl methyl sites for hydroxylation is 1. The summed E-state index contributed by atoms with van der Waals surface area (Å²) in [6.45, 7) is 6.19. The molecule has 2 aromatic rings. The standard InChI is InChI=1S/C19H23NO/c1-3-10-20-19(16-6-4-5-14(2)12-16)17-7-8-18-15(13-17)9-11-21-18/h4-8,12-13,19-20H,3,9-11H2,1-2H3. The van der Waals surface area contributed by atoms with Gasteiger partial charge in [0.2, 0.25) is 0 Å². The van der Waals surface area contributed by atoms with Crippen molar-refractivity contribution in [2.24, 2.45) is 0 Å². The maximum Gasteiger partial charge on any atom is 0.122 e. The Kier molecular flexibility index (Phi) is 4.26. The maximum atomic E-state index is 5.62. The summed E-state index contributed by atoms with van der Waals surface area (Å²) < 4.78 is 5.62. The zero-order chi connectivity index (χ0) is 14.7. The third-order valence-electron chi connectivity index (χ3n) is 4.02. The van der Waals surface area contributed by atoms with E-state index in [-0.39, 0.29) is 6.04 Å². The second kappa shape index (κ2) is 6.31. The minimum absolute atomic E-state index is 0.260. The lowest BCUT2D eigenvalue weighted by Crippen LogP contribution is -2.23. The fourth-order valence-corrected chi connectivity index (χ4v) is 2.95. The minimum Gasteiger partial charge on any atom is -0.493 e. The summed E-state index contributed by atoms with van der Waals surface area (Å²) in [5.41, 5.74) is 5.31. The first-order valence-electron chi connectivity index (χ1n) is 7.83. The molecule has 0 spiro atoms. The average Bonchev–Trinajstić information content (AvgIpc) is 2.95. The first-order valence-corrected chi connectivity index (χ1v) is 7.83. The fraction of sp³-hybridized carbons (Fsp3) is 0.368. The van der Waals surface area contributed by atoms with Gasteiger partial charge in [-0.25, -0.2) is 0 Å². The van der Waals surface area contributed by atoms with Gasteiger partial charge in [-0.05, 0) is 42.6 Å². The van der Waals surface area contributed by atoms with Gasteiger partial charge in [-0.2, -0.15) is 0 Å². The van der Waals surface area contributed by atoms with Crippen LogP contribution in [0.5, 0.6) is 5.75 Å². The van der Waals surface area contributed by atoms with Crippen LogP contribution >= 0.6 is 0 Å². The predicted molar refractivity (Wildman–Crippen MR) is 87.0 cm³/mol. The van der Waals surface area contributed by atoms with Crippen LogP contribution in [-0.4, -0.2) is 13.2 Å². The molecule has 0 aromatic heterocycles. The molecule has 1 aliphatic heterocycles. The quantitative estimate of drug-likeness (QED) is 0.893. The van der Waals surface area contributed by atoms with E-state index in [1.54, 1.807) is 0 Å². The molecule has 0 bridgehead atoms. The summed E-state index contributed by atoms with van der Waals surface area (Å²) in [6.07, 6.45) is 2.16. The van der Waals surface area contributed by atoms with Crippen molar-refractivity contribution in [1.82, 2.24) is 5.32 Å². The molecule has 1 atom stereocenters. The molecule has 1 aliphatic rings. The van der Waals surface area contributed by atoms with Gasteiger partial charge in [-0.1, -0.05) is 48.9 Å². The molecule has 2 heteroatoms. The zero-order valence-corrected chi connectivity index (χ0v) is 12.9. The van der Waals surface area contributed by atoms with E-state index in [1.807, 2.05) is 0 Å². The van der Waals surface area contributed by atoms with Gasteiger partial charge >= 0.3 is 0 Å². The smallest absolute Gasteiger partial charge is 0.122 e. The number of hydrogen-bond donors (Lipinski definition) is 1. The van der Waals surface area contributed by atoms with Gasteiger partial charge in [0.1, 0.15) is 5.75 Å². The van der Waals surface area contributed by atoms with Gasteiger partial charge in [0.15, 0.2) is 0 Å². The molecule has 3 rings (SSSR count). The molecule has 1 unspecified atom stereocenters. The van der Waals surface area contributed by atoms with E-state index < -0.39 is 0 Å². The van der Waals surface area contributed by atoms with Gasteiger partial charge in [0, 0.05) is 6.42 Å². The van der Waals surface area contributed by atoms with Crippen LogP contribution in [0.3, 0.4) is 0 Å². The summed E-state index contributed by atoms with van der Waals surface area (Å²) in [5, 5.41) is 3.68. The van der Waals surface area contributed by atoms with Crippen LogP contribution in [-0.2, 0) is 6.42 Å². The number of fused-ring (bicyclic) bond motifs is 1. The third kappa shape index (κ3) is 3.11. The van der Waals surface area contributed by atoms with E-state index in [2.05, 4.69) is 61.6 Å². The molecule has 1 N–H and O–H groups in total. The van der Waals surface area contributed by atoms with Gasteiger partial charge in [0.25, 0.3) is 0 Å². The van der Waals surface area contributed by atoms with Crippen LogP contribution in [0.4, 0.5) is 0 Å². The number of hydrogen-bond acceptors (Lipinski definition) is 2. The molecule has 2 nitrogen and oxygen atoms in total. The van der Waals surface area contributed by atoms with Crippen molar-refractivity contribution >= 4 is 0 Å². The molecule has 0 amide bonds. The van der Waals surface area contributed by atoms with Crippen LogP contribution in [0.2, 0.25) is 0 Å². The largest absolute Gasteiger partial charge is 0.493 e. The van der Waals surface area contributed by atoms with Gasteiger partial charge in [-0.3, -0.25) is 0 Å². The summed E-state index contributed by atoms with van der Waals surface area (Å²) in [7, 11) is 0. The van der Waals surface area contributed by atoms with Crippen molar-refractivity contribution < 1.29 is 4.74 Å². The first-order chi connectivity index (χ1) is 10.3. The summed E-state index contributed by atoms with van der Waals surface area (Å²) >= 11 is 0. The normalized spacial score (nSPS) is 14.6. The lowest BCUT2D eigenvalue weighted by molar-refractivity contribution is 0.357. The molecule has 0 aliphatic carbocycles. The molecular weight excluding hydrogens is 258 g/mol. The van der Waals surface area contributed by atoms with Crippen molar-refractivity contribution in [2.45, 2.75) is 32.7 Å². The lowest BCUT2D eigenvalue weighted by atomic mass is 9.95. The molecular formula is C19H23NO. The SMILES string of the molecule is CCCNC(c1cccc(C)c1)c1ccc2c(c1)CCO2. The first kappa shape index (κ1) is 14.2. The second-order valence-corrected chi connectivity index (χ2v) is 5.77. The summed E-state index contributed by atoms with van der Waals surface area (Å²) in [6, 6.07) is 15.7. The highest BCUT2D eigenvalue weighted by molar-refractivity contribution is 5.43. The van der Waals surface area contributed by atoms with Crippen molar-refractivity contribution in [2.75, 3.05) is 13.2 Å². The highest BCUT2D eigenvalue weighted by Crippen LogP contribution is 2.30. The Balaban J connectivity index is 1.95. The fourth-order valence-electron chi connectivity index (χ4n) is 2.95. The van der Waals surface area contributed by atoms with E-state index in [1.165, 1.54) is 22.3 Å². The van der Waals surface area contributed by atoms with Gasteiger partial charge < -0.3 is 10.1 Å². The molecule has 1 heterocycles. The Hall–Kier alpha value is -1.80. The van der Waals surface area contributed by atoms with Crippen LogP contribution in [0.15, 0.2) is 42.5 Å². The second-order valence-electron chi connectivity index (χ2n) is 5.77. The van der Waals surface area contributed by atoms with Crippen LogP contribution in [0.1, 0.15) is 41.6 Å². The topological polar surface area (TPSA) is 21.3 Å². The van der Waals surface area contributed by atoms with Crippen molar-refractivity contribution in [1.29, 1.82) is 0 Å². The lowest BCUT2D eigenvalue weighted by Gasteiger charge is -2.20. The number of ether oxygens (including phenoxy) is 1. The average molecular weight is 281 g/mol. The Labute approximate surface area is 127 Å². The number of rotatable bonds is 5. The van der Waals surface area contributed by atoms with Gasteiger partial charge in [-0.15, -0.1) is 0 Å². The van der Waals surface area contributed by atoms with E-state index in [4.69, 9.17) is 4.74 Å². The molecule has 0 saturated heterocycles. The Morgan fingerprint density at radius 2 is 2.00 bits per heavy atom. The Bertz CT molecular complexity index is 621. The Morgan fingerprint density at radius 3 is 2.81 bits per heavy atom. The molecule has 0 saturated carbocycles. The van der Waals surface area contributed by atoms with Crippen LogP contribution in [0.25, 0.3) is 0 Å². The highest BCUT2D eigenvalue weighted by atomic mass is 16.5. The molecule has 110 valence electrons.